The van der Waals surface area contributed by atoms with E-state index in [9.17, 15) is 29.1 Å². The van der Waals surface area contributed by atoms with E-state index in [-0.39, 0.29) is 25.7 Å². The molecule has 2 heterocycles. The molecule has 1 saturated heterocycles. The summed E-state index contributed by atoms with van der Waals surface area (Å²) in [5, 5.41) is 23.0. The SMILES string of the molecule is CC[C@@H]1NC(=O)C[C@H](c2ccccc2)NC(=O)[C@H](CO)NC(=O)[C@H](CC)NC(=O)[C@H](Cc2cnc[nH]2)NC1=O. The maximum absolute atomic E-state index is 13.2. The van der Waals surface area contributed by atoms with Gasteiger partial charge in [0.05, 0.1) is 25.4 Å². The van der Waals surface area contributed by atoms with Gasteiger partial charge in [0.2, 0.25) is 29.5 Å². The van der Waals surface area contributed by atoms with Crippen LogP contribution in [0.25, 0.3) is 0 Å². The predicted molar refractivity (Wildman–Crippen MR) is 140 cm³/mol. The molecule has 39 heavy (non-hydrogen) atoms. The minimum Gasteiger partial charge on any atom is -0.394 e. The van der Waals surface area contributed by atoms with Crippen molar-refractivity contribution in [1.29, 1.82) is 0 Å². The average Bonchev–Trinajstić information content (AvgIpc) is 3.45. The number of benzene rings is 1. The highest BCUT2D eigenvalue weighted by Gasteiger charge is 2.32. The summed E-state index contributed by atoms with van der Waals surface area (Å²) in [5.41, 5.74) is 1.20. The fourth-order valence-corrected chi connectivity index (χ4v) is 4.19. The first-order chi connectivity index (χ1) is 18.7. The lowest BCUT2D eigenvalue weighted by Crippen LogP contribution is -2.59. The van der Waals surface area contributed by atoms with Gasteiger partial charge in [0.15, 0.2) is 0 Å². The highest BCUT2D eigenvalue weighted by molar-refractivity contribution is 5.96. The molecule has 1 aliphatic rings. The molecule has 7 N–H and O–H groups in total. The molecular formula is C26H35N7O6. The zero-order chi connectivity index (χ0) is 28.4. The van der Waals surface area contributed by atoms with Gasteiger partial charge in [0.1, 0.15) is 24.2 Å². The zero-order valence-electron chi connectivity index (χ0n) is 21.9. The third kappa shape index (κ3) is 8.11. The molecule has 0 radical (unpaired) electrons. The van der Waals surface area contributed by atoms with Crippen molar-refractivity contribution in [3.05, 3.63) is 54.1 Å². The standard InChI is InChI=1S/C26H35N7O6/c1-3-17-23(36)32-20(10-16-12-27-14-28-16)25(38)30-18(4-2)24(37)33-21(13-34)26(39)31-19(11-22(35)29-17)15-8-6-5-7-9-15/h5-9,12,14,17-21,34H,3-4,10-11,13H2,1-2H3,(H,27,28)(H,29,35)(H,30,38)(H,31,39)(H,32,36)(H,33,37)/t17-,18-,19+,20-,21-/m0/s1. The van der Waals surface area contributed by atoms with Crippen molar-refractivity contribution >= 4 is 29.5 Å². The lowest BCUT2D eigenvalue weighted by molar-refractivity contribution is -0.135. The van der Waals surface area contributed by atoms with E-state index in [1.165, 1.54) is 12.5 Å². The summed E-state index contributed by atoms with van der Waals surface area (Å²) in [6, 6.07) is 3.54. The van der Waals surface area contributed by atoms with Crippen molar-refractivity contribution in [2.75, 3.05) is 6.61 Å². The number of nitrogens with zero attached hydrogens (tertiary/aromatic N) is 1. The summed E-state index contributed by atoms with van der Waals surface area (Å²) in [6.07, 6.45) is 3.22. The van der Waals surface area contributed by atoms with E-state index >= 15 is 0 Å². The van der Waals surface area contributed by atoms with Crippen molar-refractivity contribution in [2.24, 2.45) is 0 Å². The Kier molecular flexibility index (Phi) is 10.6. The van der Waals surface area contributed by atoms with E-state index in [0.29, 0.717) is 11.3 Å². The molecule has 5 atom stereocenters. The number of amides is 5. The molecular weight excluding hydrogens is 506 g/mol. The summed E-state index contributed by atoms with van der Waals surface area (Å²) in [5.74, 6) is -3.11. The first-order valence-electron chi connectivity index (χ1n) is 12.9. The van der Waals surface area contributed by atoms with Gasteiger partial charge in [-0.05, 0) is 18.4 Å². The van der Waals surface area contributed by atoms with Crippen LogP contribution in [-0.2, 0) is 30.4 Å². The summed E-state index contributed by atoms with van der Waals surface area (Å²) in [4.78, 5) is 72.3. The van der Waals surface area contributed by atoms with E-state index in [2.05, 4.69) is 36.6 Å². The van der Waals surface area contributed by atoms with Gasteiger partial charge in [-0.15, -0.1) is 0 Å². The molecule has 0 spiro atoms. The molecule has 1 fully saturated rings. The minimum absolute atomic E-state index is 0.0533. The highest BCUT2D eigenvalue weighted by atomic mass is 16.3. The molecule has 1 aliphatic heterocycles. The van der Waals surface area contributed by atoms with Crippen LogP contribution in [0, 0.1) is 0 Å². The molecule has 0 unspecified atom stereocenters. The maximum atomic E-state index is 13.2. The first kappa shape index (κ1) is 29.3. The number of rotatable bonds is 6. The number of hydrogen-bond acceptors (Lipinski definition) is 7. The van der Waals surface area contributed by atoms with Gasteiger partial charge in [0, 0.05) is 18.3 Å². The lowest BCUT2D eigenvalue weighted by atomic mass is 10.0. The number of H-pyrrole nitrogens is 1. The zero-order valence-corrected chi connectivity index (χ0v) is 21.9. The topological polar surface area (TPSA) is 194 Å². The van der Waals surface area contributed by atoms with E-state index in [1.807, 2.05) is 0 Å². The molecule has 0 bridgehead atoms. The van der Waals surface area contributed by atoms with Crippen LogP contribution < -0.4 is 26.6 Å². The number of carbonyl (C=O) groups excluding carboxylic acids is 5. The summed E-state index contributed by atoms with van der Waals surface area (Å²) in [7, 11) is 0. The van der Waals surface area contributed by atoms with Crippen molar-refractivity contribution in [3.63, 3.8) is 0 Å². The van der Waals surface area contributed by atoms with Crippen LogP contribution in [0.3, 0.4) is 0 Å². The van der Waals surface area contributed by atoms with Gasteiger partial charge < -0.3 is 36.7 Å². The van der Waals surface area contributed by atoms with E-state index in [1.54, 1.807) is 44.2 Å². The highest BCUT2D eigenvalue weighted by Crippen LogP contribution is 2.17. The Morgan fingerprint density at radius 2 is 1.33 bits per heavy atom. The fraction of sp³-hybridized carbons (Fsp3) is 0.462. The van der Waals surface area contributed by atoms with Crippen LogP contribution in [0.1, 0.15) is 50.4 Å². The molecule has 13 nitrogen and oxygen atoms in total. The molecule has 3 rings (SSSR count). The van der Waals surface area contributed by atoms with Gasteiger partial charge >= 0.3 is 0 Å². The van der Waals surface area contributed by atoms with E-state index in [4.69, 9.17) is 0 Å². The number of aromatic amines is 1. The quantitative estimate of drug-likeness (QED) is 0.243. The molecule has 0 aliphatic carbocycles. The van der Waals surface area contributed by atoms with E-state index < -0.39 is 66.4 Å². The van der Waals surface area contributed by atoms with Crippen LogP contribution in [0.5, 0.6) is 0 Å². The van der Waals surface area contributed by atoms with Gasteiger partial charge in [-0.2, -0.15) is 0 Å². The fourth-order valence-electron chi connectivity index (χ4n) is 4.19. The number of nitrogens with one attached hydrogen (secondary N) is 6. The van der Waals surface area contributed by atoms with E-state index in [0.717, 1.165) is 0 Å². The Bertz CT molecular complexity index is 1140. The van der Waals surface area contributed by atoms with Crippen molar-refractivity contribution in [3.8, 4) is 0 Å². The minimum atomic E-state index is -1.32. The number of aliphatic hydroxyl groups excluding tert-OH is 1. The Morgan fingerprint density at radius 1 is 0.769 bits per heavy atom. The monoisotopic (exact) mass is 541 g/mol. The van der Waals surface area contributed by atoms with Gasteiger partial charge in [-0.3, -0.25) is 24.0 Å². The van der Waals surface area contributed by atoms with Gasteiger partial charge in [-0.25, -0.2) is 4.98 Å². The molecule has 13 heteroatoms. The number of hydrogen-bond donors (Lipinski definition) is 7. The van der Waals surface area contributed by atoms with Crippen molar-refractivity contribution < 1.29 is 29.1 Å². The average molecular weight is 542 g/mol. The van der Waals surface area contributed by atoms with Crippen LogP contribution in [0.2, 0.25) is 0 Å². The summed E-state index contributed by atoms with van der Waals surface area (Å²) < 4.78 is 0. The van der Waals surface area contributed by atoms with Crippen LogP contribution in [-0.4, -0.2) is 75.4 Å². The number of carbonyl (C=O) groups is 5. The molecule has 210 valence electrons. The van der Waals surface area contributed by atoms with Gasteiger partial charge in [0.25, 0.3) is 0 Å². The summed E-state index contributed by atoms with van der Waals surface area (Å²) >= 11 is 0. The van der Waals surface area contributed by atoms with Crippen LogP contribution >= 0.6 is 0 Å². The molecule has 2 aromatic rings. The normalized spacial score (nSPS) is 25.6. The third-order valence-corrected chi connectivity index (χ3v) is 6.44. The maximum Gasteiger partial charge on any atom is 0.245 e. The number of aliphatic hydroxyl groups is 1. The lowest BCUT2D eigenvalue weighted by Gasteiger charge is -2.27. The van der Waals surface area contributed by atoms with Crippen LogP contribution in [0.15, 0.2) is 42.9 Å². The number of aromatic nitrogens is 2. The second-order valence-corrected chi connectivity index (χ2v) is 9.26. The summed E-state index contributed by atoms with van der Waals surface area (Å²) in [6.45, 7) is 2.69. The largest absolute Gasteiger partial charge is 0.394 e. The number of imidazole rings is 1. The Morgan fingerprint density at radius 3 is 1.92 bits per heavy atom. The Hall–Kier alpha value is -4.26. The first-order valence-corrected chi connectivity index (χ1v) is 12.9. The third-order valence-electron chi connectivity index (χ3n) is 6.44. The molecule has 0 saturated carbocycles. The smallest absolute Gasteiger partial charge is 0.245 e. The molecule has 5 amide bonds. The van der Waals surface area contributed by atoms with Crippen molar-refractivity contribution in [1.82, 2.24) is 36.6 Å². The molecule has 1 aromatic carbocycles. The van der Waals surface area contributed by atoms with Crippen LogP contribution in [0.4, 0.5) is 0 Å². The second-order valence-electron chi connectivity index (χ2n) is 9.26. The second kappa shape index (κ2) is 14.0. The Labute approximate surface area is 225 Å². The van der Waals surface area contributed by atoms with Crippen molar-refractivity contribution in [2.45, 2.75) is 69.7 Å². The Balaban J connectivity index is 1.95. The predicted octanol–water partition coefficient (Wildman–Crippen LogP) is -1.04. The van der Waals surface area contributed by atoms with Gasteiger partial charge in [-0.1, -0.05) is 44.2 Å². The molecule has 1 aromatic heterocycles.